The first kappa shape index (κ1) is 12.9. The zero-order valence-electron chi connectivity index (χ0n) is 11.0. The minimum Gasteiger partial charge on any atom is -0.392 e. The molecule has 1 fully saturated rings. The number of aliphatic hydroxyl groups excluding tert-OH is 1. The maximum atomic E-state index is 10.3. The number of benzene rings is 1. The van der Waals surface area contributed by atoms with Gasteiger partial charge in [0.05, 0.1) is 6.10 Å². The van der Waals surface area contributed by atoms with Crippen LogP contribution >= 0.6 is 11.6 Å². The summed E-state index contributed by atoms with van der Waals surface area (Å²) < 4.78 is 0. The van der Waals surface area contributed by atoms with E-state index in [1.54, 1.807) is 0 Å². The zero-order chi connectivity index (χ0) is 12.8. The van der Waals surface area contributed by atoms with Crippen LogP contribution in [-0.4, -0.2) is 11.2 Å². The van der Waals surface area contributed by atoms with Crippen molar-refractivity contribution in [3.8, 4) is 0 Å². The maximum Gasteiger partial charge on any atom is 0.0619 e. The molecule has 1 aromatic rings. The van der Waals surface area contributed by atoms with Crippen molar-refractivity contribution < 1.29 is 5.11 Å². The lowest BCUT2D eigenvalue weighted by Gasteiger charge is -2.12. The van der Waals surface area contributed by atoms with E-state index in [9.17, 15) is 5.11 Å². The Morgan fingerprint density at radius 3 is 2.00 bits per heavy atom. The molecule has 1 nitrogen and oxygen atoms in total. The second-order valence-corrected chi connectivity index (χ2v) is 6.76. The maximum absolute atomic E-state index is 10.3. The fourth-order valence-electron chi connectivity index (χ4n) is 3.19. The highest BCUT2D eigenvalue weighted by molar-refractivity contribution is 6.30. The Morgan fingerprint density at radius 2 is 1.59 bits per heavy atom. The van der Waals surface area contributed by atoms with Gasteiger partial charge >= 0.3 is 0 Å². The van der Waals surface area contributed by atoms with Crippen molar-refractivity contribution in [1.82, 2.24) is 0 Å². The molecule has 1 aliphatic rings. The number of rotatable bonds is 3. The molecule has 1 unspecified atom stereocenters. The van der Waals surface area contributed by atoms with E-state index >= 15 is 0 Å². The molecule has 0 heterocycles. The summed E-state index contributed by atoms with van der Waals surface area (Å²) in [7, 11) is 0. The summed E-state index contributed by atoms with van der Waals surface area (Å²) in [5.41, 5.74) is 1.62. The zero-order valence-corrected chi connectivity index (χ0v) is 11.8. The highest BCUT2D eigenvalue weighted by atomic mass is 35.5. The Morgan fingerprint density at radius 1 is 1.12 bits per heavy atom. The average Bonchev–Trinajstić information content (AvgIpc) is 2.61. The molecule has 1 saturated carbocycles. The summed E-state index contributed by atoms with van der Waals surface area (Å²) in [4.78, 5) is 0. The smallest absolute Gasteiger partial charge is 0.0619 e. The van der Waals surface area contributed by atoms with Crippen molar-refractivity contribution >= 4 is 11.6 Å². The van der Waals surface area contributed by atoms with Crippen LogP contribution in [-0.2, 0) is 6.42 Å². The van der Waals surface area contributed by atoms with Gasteiger partial charge in [0.25, 0.3) is 0 Å². The Bertz CT molecular complexity index is 391. The van der Waals surface area contributed by atoms with Crippen molar-refractivity contribution in [3.05, 3.63) is 34.9 Å². The molecule has 0 saturated heterocycles. The number of hydrogen-bond acceptors (Lipinski definition) is 1. The molecule has 1 aliphatic carbocycles. The standard InChI is InChI=1S/C15H21ClO/c1-14(2)13(15(14,3)4)12(17)9-10-5-7-11(16)8-6-10/h5-8,12-13,17H,9H2,1-4H3. The third kappa shape index (κ3) is 2.11. The lowest BCUT2D eigenvalue weighted by atomic mass is 10.00. The van der Waals surface area contributed by atoms with Crippen LogP contribution in [0.15, 0.2) is 24.3 Å². The highest BCUT2D eigenvalue weighted by Gasteiger charge is 2.66. The van der Waals surface area contributed by atoms with E-state index in [1.807, 2.05) is 24.3 Å². The number of aliphatic hydroxyl groups is 1. The van der Waals surface area contributed by atoms with Gasteiger partial charge < -0.3 is 5.11 Å². The average molecular weight is 253 g/mol. The molecule has 2 heteroatoms. The first-order valence-corrected chi connectivity index (χ1v) is 6.57. The normalized spacial score (nSPS) is 23.4. The molecule has 0 spiro atoms. The van der Waals surface area contributed by atoms with Crippen LogP contribution in [0, 0.1) is 16.7 Å². The van der Waals surface area contributed by atoms with Gasteiger partial charge in [-0.2, -0.15) is 0 Å². The molecule has 0 aromatic heterocycles. The van der Waals surface area contributed by atoms with E-state index in [2.05, 4.69) is 27.7 Å². The summed E-state index contributed by atoms with van der Waals surface area (Å²) in [6.07, 6.45) is 0.454. The fraction of sp³-hybridized carbons (Fsp3) is 0.600. The molecule has 1 aromatic carbocycles. The largest absolute Gasteiger partial charge is 0.392 e. The number of hydrogen-bond donors (Lipinski definition) is 1. The Balaban J connectivity index is 2.04. The van der Waals surface area contributed by atoms with Crippen molar-refractivity contribution in [1.29, 1.82) is 0 Å². The third-order valence-corrected chi connectivity index (χ3v) is 5.13. The van der Waals surface area contributed by atoms with Crippen LogP contribution in [0.1, 0.15) is 33.3 Å². The summed E-state index contributed by atoms with van der Waals surface area (Å²) in [5, 5.41) is 11.1. The monoisotopic (exact) mass is 252 g/mol. The summed E-state index contributed by atoms with van der Waals surface area (Å²) in [5.74, 6) is 0.380. The van der Waals surface area contributed by atoms with Gasteiger partial charge in [-0.3, -0.25) is 0 Å². The topological polar surface area (TPSA) is 20.2 Å². The van der Waals surface area contributed by atoms with Crippen molar-refractivity contribution in [2.24, 2.45) is 16.7 Å². The van der Waals surface area contributed by atoms with Crippen molar-refractivity contribution in [2.45, 2.75) is 40.2 Å². The number of halogens is 1. The van der Waals surface area contributed by atoms with Gasteiger partial charge in [0, 0.05) is 5.02 Å². The van der Waals surface area contributed by atoms with Crippen molar-refractivity contribution in [2.75, 3.05) is 0 Å². The molecule has 17 heavy (non-hydrogen) atoms. The lowest BCUT2D eigenvalue weighted by Crippen LogP contribution is -2.17. The molecule has 2 rings (SSSR count). The van der Waals surface area contributed by atoms with Gasteiger partial charge in [-0.1, -0.05) is 51.4 Å². The lowest BCUT2D eigenvalue weighted by molar-refractivity contribution is 0.129. The van der Waals surface area contributed by atoms with Crippen LogP contribution in [0.3, 0.4) is 0 Å². The van der Waals surface area contributed by atoms with Gasteiger partial charge in [-0.25, -0.2) is 0 Å². The van der Waals surface area contributed by atoms with Crippen LogP contribution in [0.25, 0.3) is 0 Å². The minimum absolute atomic E-state index is 0.235. The van der Waals surface area contributed by atoms with Crippen LogP contribution in [0.4, 0.5) is 0 Å². The van der Waals surface area contributed by atoms with Gasteiger partial charge in [0.15, 0.2) is 0 Å². The van der Waals surface area contributed by atoms with Gasteiger partial charge in [-0.05, 0) is 40.9 Å². The summed E-state index contributed by atoms with van der Waals surface area (Å²) in [6.45, 7) is 8.96. The molecule has 94 valence electrons. The van der Waals surface area contributed by atoms with E-state index in [0.29, 0.717) is 12.3 Å². The highest BCUT2D eigenvalue weighted by Crippen LogP contribution is 2.69. The second-order valence-electron chi connectivity index (χ2n) is 6.32. The van der Waals surface area contributed by atoms with Crippen molar-refractivity contribution in [3.63, 3.8) is 0 Å². The Hall–Kier alpha value is -0.530. The third-order valence-electron chi connectivity index (χ3n) is 4.88. The van der Waals surface area contributed by atoms with E-state index in [-0.39, 0.29) is 16.9 Å². The van der Waals surface area contributed by atoms with Gasteiger partial charge in [0.2, 0.25) is 0 Å². The second kappa shape index (κ2) is 4.00. The van der Waals surface area contributed by atoms with E-state index in [0.717, 1.165) is 10.6 Å². The predicted molar refractivity (Wildman–Crippen MR) is 72.2 cm³/mol. The van der Waals surface area contributed by atoms with E-state index in [4.69, 9.17) is 11.6 Å². The molecular formula is C15H21ClO. The van der Waals surface area contributed by atoms with Gasteiger partial charge in [0.1, 0.15) is 0 Å². The Labute approximate surface area is 109 Å². The van der Waals surface area contributed by atoms with Crippen LogP contribution in [0.5, 0.6) is 0 Å². The quantitative estimate of drug-likeness (QED) is 0.864. The van der Waals surface area contributed by atoms with Crippen LogP contribution < -0.4 is 0 Å². The molecule has 1 N–H and O–H groups in total. The van der Waals surface area contributed by atoms with Crippen LogP contribution in [0.2, 0.25) is 5.02 Å². The molecule has 1 atom stereocenters. The SMILES string of the molecule is CC1(C)C(C(O)Cc2ccc(Cl)cc2)C1(C)C. The summed E-state index contributed by atoms with van der Waals surface area (Å²) in [6, 6.07) is 7.75. The molecular weight excluding hydrogens is 232 g/mol. The molecule has 0 radical (unpaired) electrons. The van der Waals surface area contributed by atoms with Gasteiger partial charge in [-0.15, -0.1) is 0 Å². The minimum atomic E-state index is -0.263. The fourth-order valence-corrected chi connectivity index (χ4v) is 3.32. The Kier molecular flexibility index (Phi) is 3.04. The molecule has 0 bridgehead atoms. The molecule has 0 aliphatic heterocycles. The van der Waals surface area contributed by atoms with E-state index in [1.165, 1.54) is 0 Å². The predicted octanol–water partition coefficient (Wildman–Crippen LogP) is 3.93. The molecule has 0 amide bonds. The van der Waals surface area contributed by atoms with E-state index < -0.39 is 0 Å². The first-order chi connectivity index (χ1) is 7.76. The first-order valence-electron chi connectivity index (χ1n) is 6.19. The summed E-state index contributed by atoms with van der Waals surface area (Å²) >= 11 is 5.85.